The van der Waals surface area contributed by atoms with E-state index in [1.165, 1.54) is 18.2 Å². The summed E-state index contributed by atoms with van der Waals surface area (Å²) in [5, 5.41) is 7.67. The SMILES string of the molecule is CC/C=C/C(=O)NC1C(=O)N(CC)c2c(c(C)nn2-c2ccccc2)C1c1ccc(F)cc1. The fourth-order valence-corrected chi connectivity index (χ4v) is 4.39. The molecule has 170 valence electrons. The van der Waals surface area contributed by atoms with Crippen LogP contribution in [-0.4, -0.2) is 34.2 Å². The number of para-hydroxylation sites is 1. The van der Waals surface area contributed by atoms with Crippen LogP contribution in [0.5, 0.6) is 0 Å². The minimum atomic E-state index is -0.843. The molecular weight excluding hydrogens is 419 g/mol. The number of carbonyl (C=O) groups is 2. The molecule has 0 spiro atoms. The largest absolute Gasteiger partial charge is 0.340 e. The van der Waals surface area contributed by atoms with Crippen molar-refractivity contribution in [1.29, 1.82) is 0 Å². The first-order chi connectivity index (χ1) is 16.0. The van der Waals surface area contributed by atoms with Crippen molar-refractivity contribution in [3.05, 3.63) is 89.4 Å². The van der Waals surface area contributed by atoms with Crippen molar-refractivity contribution in [1.82, 2.24) is 15.1 Å². The first-order valence-electron chi connectivity index (χ1n) is 11.1. The van der Waals surface area contributed by atoms with E-state index in [1.54, 1.807) is 27.8 Å². The number of likely N-dealkylation sites (N-methyl/N-ethyl adjacent to an activating group) is 1. The van der Waals surface area contributed by atoms with Gasteiger partial charge in [-0.15, -0.1) is 0 Å². The van der Waals surface area contributed by atoms with E-state index < -0.39 is 12.0 Å². The minimum absolute atomic E-state index is 0.227. The van der Waals surface area contributed by atoms with Gasteiger partial charge in [-0.2, -0.15) is 5.10 Å². The summed E-state index contributed by atoms with van der Waals surface area (Å²) in [5.74, 6) is -0.758. The lowest BCUT2D eigenvalue weighted by atomic mass is 9.81. The van der Waals surface area contributed by atoms with Crippen LogP contribution in [0.2, 0.25) is 0 Å². The Kier molecular flexibility index (Phi) is 6.40. The van der Waals surface area contributed by atoms with Crippen LogP contribution in [0.15, 0.2) is 66.7 Å². The molecule has 1 aromatic heterocycles. The van der Waals surface area contributed by atoms with Gasteiger partial charge in [0.1, 0.15) is 17.7 Å². The third kappa shape index (κ3) is 4.18. The van der Waals surface area contributed by atoms with E-state index in [2.05, 4.69) is 5.32 Å². The van der Waals surface area contributed by atoms with Crippen LogP contribution < -0.4 is 10.2 Å². The molecule has 0 saturated heterocycles. The lowest BCUT2D eigenvalue weighted by Gasteiger charge is -2.38. The van der Waals surface area contributed by atoms with Gasteiger partial charge in [-0.1, -0.05) is 43.3 Å². The fourth-order valence-electron chi connectivity index (χ4n) is 4.39. The van der Waals surface area contributed by atoms with Gasteiger partial charge in [0.15, 0.2) is 0 Å². The maximum absolute atomic E-state index is 13.7. The third-order valence-corrected chi connectivity index (χ3v) is 5.86. The Bertz CT molecular complexity index is 1190. The number of amides is 2. The van der Waals surface area contributed by atoms with E-state index in [0.29, 0.717) is 18.8 Å². The van der Waals surface area contributed by atoms with Crippen molar-refractivity contribution in [2.75, 3.05) is 11.4 Å². The number of allylic oxidation sites excluding steroid dienone is 1. The summed E-state index contributed by atoms with van der Waals surface area (Å²) in [6, 6.07) is 14.9. The summed E-state index contributed by atoms with van der Waals surface area (Å²) in [7, 11) is 0. The molecule has 0 radical (unpaired) electrons. The molecule has 1 aliphatic heterocycles. The molecule has 2 amide bonds. The highest BCUT2D eigenvalue weighted by Gasteiger charge is 2.45. The van der Waals surface area contributed by atoms with Crippen LogP contribution in [0.4, 0.5) is 10.2 Å². The molecule has 1 N–H and O–H groups in total. The molecule has 0 saturated carbocycles. The highest BCUT2D eigenvalue weighted by atomic mass is 19.1. The monoisotopic (exact) mass is 446 g/mol. The Hall–Kier alpha value is -3.74. The molecule has 0 bridgehead atoms. The topological polar surface area (TPSA) is 67.2 Å². The number of benzene rings is 2. The van der Waals surface area contributed by atoms with Crippen LogP contribution in [-0.2, 0) is 9.59 Å². The highest BCUT2D eigenvalue weighted by Crippen LogP contribution is 2.43. The van der Waals surface area contributed by atoms with E-state index in [9.17, 15) is 14.0 Å². The summed E-state index contributed by atoms with van der Waals surface area (Å²) < 4.78 is 15.5. The van der Waals surface area contributed by atoms with E-state index in [1.807, 2.05) is 51.1 Å². The van der Waals surface area contributed by atoms with Crippen molar-refractivity contribution < 1.29 is 14.0 Å². The highest BCUT2D eigenvalue weighted by molar-refractivity contribution is 6.04. The molecule has 7 heteroatoms. The predicted molar refractivity (Wildman–Crippen MR) is 126 cm³/mol. The Balaban J connectivity index is 1.92. The summed E-state index contributed by atoms with van der Waals surface area (Å²) in [6.45, 7) is 6.14. The van der Waals surface area contributed by atoms with Gasteiger partial charge in [-0.3, -0.25) is 14.5 Å². The van der Waals surface area contributed by atoms with Crippen LogP contribution in [0.1, 0.15) is 43.0 Å². The van der Waals surface area contributed by atoms with Gasteiger partial charge in [-0.25, -0.2) is 9.07 Å². The van der Waals surface area contributed by atoms with Gasteiger partial charge in [0, 0.05) is 18.0 Å². The fraction of sp³-hybridized carbons (Fsp3) is 0.269. The molecule has 2 atom stereocenters. The zero-order valence-electron chi connectivity index (χ0n) is 19.0. The predicted octanol–water partition coefficient (Wildman–Crippen LogP) is 4.27. The van der Waals surface area contributed by atoms with Crippen molar-refractivity contribution in [3.8, 4) is 5.69 Å². The number of rotatable bonds is 6. The molecular formula is C26H27FN4O2. The molecule has 6 nitrogen and oxygen atoms in total. The second-order valence-corrected chi connectivity index (χ2v) is 7.98. The van der Waals surface area contributed by atoms with E-state index in [0.717, 1.165) is 22.5 Å². The number of hydrogen-bond donors (Lipinski definition) is 1. The molecule has 2 unspecified atom stereocenters. The quantitative estimate of drug-likeness (QED) is 0.575. The Morgan fingerprint density at radius 1 is 1.12 bits per heavy atom. The number of fused-ring (bicyclic) bond motifs is 1. The van der Waals surface area contributed by atoms with E-state index in [4.69, 9.17) is 5.10 Å². The second kappa shape index (κ2) is 9.40. The number of hydrogen-bond acceptors (Lipinski definition) is 3. The molecule has 2 aromatic carbocycles. The molecule has 0 fully saturated rings. The summed E-state index contributed by atoms with van der Waals surface area (Å²) in [4.78, 5) is 28.0. The average Bonchev–Trinajstić information content (AvgIpc) is 3.16. The summed E-state index contributed by atoms with van der Waals surface area (Å²) in [6.07, 6.45) is 3.90. The number of aromatic nitrogens is 2. The first kappa shape index (κ1) is 22.5. The van der Waals surface area contributed by atoms with Crippen molar-refractivity contribution >= 4 is 17.6 Å². The van der Waals surface area contributed by atoms with Gasteiger partial charge >= 0.3 is 0 Å². The van der Waals surface area contributed by atoms with Crippen molar-refractivity contribution in [2.24, 2.45) is 0 Å². The van der Waals surface area contributed by atoms with E-state index >= 15 is 0 Å². The van der Waals surface area contributed by atoms with Crippen LogP contribution in [0.3, 0.4) is 0 Å². The Labute approximate surface area is 192 Å². The lowest BCUT2D eigenvalue weighted by molar-refractivity contribution is -0.126. The molecule has 2 heterocycles. The molecule has 3 aromatic rings. The minimum Gasteiger partial charge on any atom is -0.340 e. The Morgan fingerprint density at radius 3 is 2.45 bits per heavy atom. The van der Waals surface area contributed by atoms with Gasteiger partial charge < -0.3 is 5.32 Å². The molecule has 4 rings (SSSR count). The zero-order valence-corrected chi connectivity index (χ0v) is 19.0. The third-order valence-electron chi connectivity index (χ3n) is 5.86. The van der Waals surface area contributed by atoms with Crippen LogP contribution in [0.25, 0.3) is 5.69 Å². The normalized spacial score (nSPS) is 17.9. The molecule has 33 heavy (non-hydrogen) atoms. The summed E-state index contributed by atoms with van der Waals surface area (Å²) in [5.41, 5.74) is 3.16. The second-order valence-electron chi connectivity index (χ2n) is 7.98. The van der Waals surface area contributed by atoms with Crippen molar-refractivity contribution in [2.45, 2.75) is 39.2 Å². The number of carbonyl (C=O) groups excluding carboxylic acids is 2. The molecule has 0 aliphatic carbocycles. The number of nitrogens with one attached hydrogen (secondary N) is 1. The van der Waals surface area contributed by atoms with Crippen LogP contribution in [0, 0.1) is 12.7 Å². The lowest BCUT2D eigenvalue weighted by Crippen LogP contribution is -2.55. The van der Waals surface area contributed by atoms with E-state index in [-0.39, 0.29) is 17.6 Å². The smallest absolute Gasteiger partial charge is 0.251 e. The number of aryl methyl sites for hydroxylation is 1. The maximum Gasteiger partial charge on any atom is 0.251 e. The van der Waals surface area contributed by atoms with Gasteiger partial charge in [0.05, 0.1) is 11.4 Å². The maximum atomic E-state index is 13.7. The van der Waals surface area contributed by atoms with Crippen LogP contribution >= 0.6 is 0 Å². The van der Waals surface area contributed by atoms with Gasteiger partial charge in [0.25, 0.3) is 5.91 Å². The van der Waals surface area contributed by atoms with Gasteiger partial charge in [0.2, 0.25) is 5.91 Å². The number of halogens is 1. The molecule has 1 aliphatic rings. The number of anilines is 1. The van der Waals surface area contributed by atoms with Crippen molar-refractivity contribution in [3.63, 3.8) is 0 Å². The number of nitrogens with zero attached hydrogens (tertiary/aromatic N) is 3. The summed E-state index contributed by atoms with van der Waals surface area (Å²) >= 11 is 0. The Morgan fingerprint density at radius 2 is 1.82 bits per heavy atom. The average molecular weight is 447 g/mol. The first-order valence-corrected chi connectivity index (χ1v) is 11.1. The zero-order chi connectivity index (χ0) is 23.5. The standard InChI is InChI=1S/C26H27FN4O2/c1-4-6-12-21(32)28-24-23(18-13-15-19(27)16-14-18)22-17(3)29-31(20-10-8-7-9-11-20)25(22)30(5-2)26(24)33/h6-16,23-24H,4-5H2,1-3H3,(H,28,32)/b12-6+. The van der Waals surface area contributed by atoms with Gasteiger partial charge in [-0.05, 0) is 56.2 Å².